The zero-order valence-corrected chi connectivity index (χ0v) is 12.2. The second kappa shape index (κ2) is 7.99. The van der Waals surface area contributed by atoms with Gasteiger partial charge in [0, 0.05) is 0 Å². The van der Waals surface area contributed by atoms with Crippen LogP contribution < -0.4 is 0 Å². The summed E-state index contributed by atoms with van der Waals surface area (Å²) in [4.78, 5) is 0. The van der Waals surface area contributed by atoms with Crippen molar-refractivity contribution in [2.75, 3.05) is 0 Å². The first-order valence-electron chi connectivity index (χ1n) is 7.88. The molecule has 2 aromatic rings. The Morgan fingerprint density at radius 2 is 1.37 bits per heavy atom. The van der Waals surface area contributed by atoms with Crippen molar-refractivity contribution in [1.82, 2.24) is 0 Å². The Balaban J connectivity index is 1.72. The van der Waals surface area contributed by atoms with Crippen LogP contribution in [0.4, 0.5) is 0 Å². The Morgan fingerprint density at radius 1 is 0.684 bits per heavy atom. The number of aryl methyl sites for hydroxylation is 1. The van der Waals surface area contributed by atoms with Crippen LogP contribution in [0, 0.1) is 0 Å². The minimum atomic E-state index is 1.23. The highest BCUT2D eigenvalue weighted by molar-refractivity contribution is 5.82. The molecule has 0 nitrogen and oxygen atoms in total. The molecule has 0 spiro atoms. The molecular weight excluding hydrogens is 228 g/mol. The van der Waals surface area contributed by atoms with Gasteiger partial charge in [-0.1, -0.05) is 87.9 Å². The summed E-state index contributed by atoms with van der Waals surface area (Å²) < 4.78 is 0. The average Bonchev–Trinajstić information content (AvgIpc) is 2.46. The standard InChI is InChI=1S/C19H26/c1-2-3-4-5-6-7-8-11-17-14-15-18-12-9-10-13-19(18)16-17/h9-10,12-16H,2-8,11H2,1H3. The van der Waals surface area contributed by atoms with Crippen LogP contribution in [0.5, 0.6) is 0 Å². The Hall–Kier alpha value is -1.30. The lowest BCUT2D eigenvalue weighted by Crippen LogP contribution is -1.87. The molecule has 0 fully saturated rings. The minimum absolute atomic E-state index is 1.23. The normalized spacial score (nSPS) is 11.0. The van der Waals surface area contributed by atoms with Gasteiger partial charge in [0.1, 0.15) is 0 Å². The fraction of sp³-hybridized carbons (Fsp3) is 0.474. The third-order valence-corrected chi connectivity index (χ3v) is 3.88. The van der Waals surface area contributed by atoms with Gasteiger partial charge in [-0.15, -0.1) is 0 Å². The summed E-state index contributed by atoms with van der Waals surface area (Å²) in [5.41, 5.74) is 1.49. The number of fused-ring (bicyclic) bond motifs is 1. The van der Waals surface area contributed by atoms with Gasteiger partial charge in [-0.3, -0.25) is 0 Å². The lowest BCUT2D eigenvalue weighted by molar-refractivity contribution is 0.589. The van der Waals surface area contributed by atoms with E-state index in [1.54, 1.807) is 0 Å². The van der Waals surface area contributed by atoms with E-state index < -0.39 is 0 Å². The van der Waals surface area contributed by atoms with Crippen LogP contribution in [0.2, 0.25) is 0 Å². The predicted molar refractivity (Wildman–Crippen MR) is 85.6 cm³/mol. The largest absolute Gasteiger partial charge is 0.0654 e. The summed E-state index contributed by atoms with van der Waals surface area (Å²) in [6, 6.07) is 15.5. The summed E-state index contributed by atoms with van der Waals surface area (Å²) in [6.45, 7) is 2.28. The summed E-state index contributed by atoms with van der Waals surface area (Å²) in [6.07, 6.45) is 11.0. The average molecular weight is 254 g/mol. The Kier molecular flexibility index (Phi) is 5.94. The van der Waals surface area contributed by atoms with Crippen molar-refractivity contribution in [2.24, 2.45) is 0 Å². The second-order valence-electron chi connectivity index (χ2n) is 5.55. The van der Waals surface area contributed by atoms with Gasteiger partial charge in [0.2, 0.25) is 0 Å². The van der Waals surface area contributed by atoms with Crippen LogP contribution in [0.25, 0.3) is 10.8 Å². The fourth-order valence-electron chi connectivity index (χ4n) is 2.68. The second-order valence-corrected chi connectivity index (χ2v) is 5.55. The van der Waals surface area contributed by atoms with Crippen molar-refractivity contribution in [3.63, 3.8) is 0 Å². The Bertz CT molecular complexity index is 484. The number of benzene rings is 2. The van der Waals surface area contributed by atoms with E-state index in [0.29, 0.717) is 0 Å². The van der Waals surface area contributed by atoms with Gasteiger partial charge in [-0.05, 0) is 29.2 Å². The van der Waals surface area contributed by atoms with E-state index in [9.17, 15) is 0 Å². The molecule has 0 saturated carbocycles. The molecule has 0 bridgehead atoms. The van der Waals surface area contributed by atoms with E-state index >= 15 is 0 Å². The molecule has 0 atom stereocenters. The minimum Gasteiger partial charge on any atom is -0.0654 e. The van der Waals surface area contributed by atoms with Crippen LogP contribution in [-0.4, -0.2) is 0 Å². The molecule has 2 rings (SSSR count). The van der Waals surface area contributed by atoms with Crippen molar-refractivity contribution in [3.8, 4) is 0 Å². The number of hydrogen-bond acceptors (Lipinski definition) is 0. The molecule has 102 valence electrons. The van der Waals surface area contributed by atoms with E-state index in [4.69, 9.17) is 0 Å². The van der Waals surface area contributed by atoms with Crippen LogP contribution in [0.1, 0.15) is 57.4 Å². The molecule has 19 heavy (non-hydrogen) atoms. The van der Waals surface area contributed by atoms with Gasteiger partial charge in [0.25, 0.3) is 0 Å². The lowest BCUT2D eigenvalue weighted by Gasteiger charge is -2.04. The highest BCUT2D eigenvalue weighted by Crippen LogP contribution is 2.17. The smallest absolute Gasteiger partial charge is 0.0181 e. The van der Waals surface area contributed by atoms with Gasteiger partial charge in [0.15, 0.2) is 0 Å². The third kappa shape index (κ3) is 4.70. The summed E-state index contributed by atoms with van der Waals surface area (Å²) >= 11 is 0. The van der Waals surface area contributed by atoms with Gasteiger partial charge in [-0.25, -0.2) is 0 Å². The van der Waals surface area contributed by atoms with Crippen LogP contribution in [0.3, 0.4) is 0 Å². The van der Waals surface area contributed by atoms with E-state index in [-0.39, 0.29) is 0 Å². The Morgan fingerprint density at radius 3 is 2.16 bits per heavy atom. The molecule has 0 aromatic heterocycles. The number of unbranched alkanes of at least 4 members (excludes halogenated alkanes) is 6. The van der Waals surface area contributed by atoms with Gasteiger partial charge in [-0.2, -0.15) is 0 Å². The third-order valence-electron chi connectivity index (χ3n) is 3.88. The summed E-state index contributed by atoms with van der Waals surface area (Å²) in [7, 11) is 0. The maximum atomic E-state index is 2.35. The van der Waals surface area contributed by atoms with Gasteiger partial charge < -0.3 is 0 Å². The van der Waals surface area contributed by atoms with Gasteiger partial charge >= 0.3 is 0 Å². The molecule has 0 N–H and O–H groups in total. The lowest BCUT2D eigenvalue weighted by atomic mass is 10.0. The van der Waals surface area contributed by atoms with Crippen LogP contribution >= 0.6 is 0 Å². The first kappa shape index (κ1) is 14.1. The highest BCUT2D eigenvalue weighted by Gasteiger charge is 1.97. The van der Waals surface area contributed by atoms with Crippen LogP contribution in [0.15, 0.2) is 42.5 Å². The van der Waals surface area contributed by atoms with Gasteiger partial charge in [0.05, 0.1) is 0 Å². The molecule has 0 aliphatic rings. The molecule has 0 amide bonds. The molecular formula is C19H26. The molecule has 0 saturated heterocycles. The quantitative estimate of drug-likeness (QED) is 0.497. The van der Waals surface area contributed by atoms with E-state index in [2.05, 4.69) is 49.4 Å². The topological polar surface area (TPSA) is 0 Å². The first-order valence-corrected chi connectivity index (χ1v) is 7.88. The summed E-state index contributed by atoms with van der Waals surface area (Å²) in [5.74, 6) is 0. The van der Waals surface area contributed by atoms with Crippen molar-refractivity contribution in [3.05, 3.63) is 48.0 Å². The predicted octanol–water partition coefficient (Wildman–Crippen LogP) is 6.13. The Labute approximate surface area is 117 Å². The zero-order chi connectivity index (χ0) is 13.3. The number of rotatable bonds is 8. The van der Waals surface area contributed by atoms with Crippen molar-refractivity contribution in [2.45, 2.75) is 58.3 Å². The van der Waals surface area contributed by atoms with Crippen molar-refractivity contribution in [1.29, 1.82) is 0 Å². The maximum absolute atomic E-state index is 2.35. The monoisotopic (exact) mass is 254 g/mol. The molecule has 0 aliphatic heterocycles. The van der Waals surface area contributed by atoms with Crippen molar-refractivity contribution >= 4 is 10.8 Å². The zero-order valence-electron chi connectivity index (χ0n) is 12.2. The van der Waals surface area contributed by atoms with Crippen LogP contribution in [-0.2, 0) is 6.42 Å². The molecule has 0 heteroatoms. The number of hydrogen-bond donors (Lipinski definition) is 0. The molecule has 0 unspecified atom stereocenters. The summed E-state index contributed by atoms with van der Waals surface area (Å²) in [5, 5.41) is 2.73. The molecule has 2 aromatic carbocycles. The SMILES string of the molecule is CCCCCCCCCc1ccc2ccccc2c1. The van der Waals surface area contributed by atoms with E-state index in [1.165, 1.54) is 67.7 Å². The van der Waals surface area contributed by atoms with E-state index in [1.807, 2.05) is 0 Å². The fourth-order valence-corrected chi connectivity index (χ4v) is 2.68. The first-order chi connectivity index (χ1) is 9.40. The molecule has 0 radical (unpaired) electrons. The highest BCUT2D eigenvalue weighted by atomic mass is 14.0. The van der Waals surface area contributed by atoms with Crippen molar-refractivity contribution < 1.29 is 0 Å². The maximum Gasteiger partial charge on any atom is -0.0181 e. The molecule has 0 aliphatic carbocycles. The van der Waals surface area contributed by atoms with E-state index in [0.717, 1.165) is 0 Å². The molecule has 0 heterocycles.